The van der Waals surface area contributed by atoms with Crippen LogP contribution < -0.4 is 5.32 Å². The third-order valence-corrected chi connectivity index (χ3v) is 5.50. The van der Waals surface area contributed by atoms with Crippen molar-refractivity contribution < 1.29 is 14.0 Å². The van der Waals surface area contributed by atoms with Gasteiger partial charge in [-0.2, -0.15) is 0 Å². The van der Waals surface area contributed by atoms with Gasteiger partial charge in [-0.3, -0.25) is 4.79 Å². The fourth-order valence-corrected chi connectivity index (χ4v) is 3.28. The van der Waals surface area contributed by atoms with Gasteiger partial charge in [-0.15, -0.1) is 0 Å². The van der Waals surface area contributed by atoms with Crippen molar-refractivity contribution in [3.8, 4) is 0 Å². The van der Waals surface area contributed by atoms with Crippen LogP contribution in [0.5, 0.6) is 0 Å². The molecule has 0 bridgehead atoms. The van der Waals surface area contributed by atoms with Crippen molar-refractivity contribution in [2.45, 2.75) is 51.7 Å². The Morgan fingerprint density at radius 2 is 1.97 bits per heavy atom. The van der Waals surface area contributed by atoms with Crippen LogP contribution in [0.15, 0.2) is 42.6 Å². The van der Waals surface area contributed by atoms with Crippen LogP contribution in [0.2, 0.25) is 0 Å². The number of aromatic nitrogens is 1. The lowest BCUT2D eigenvalue weighted by molar-refractivity contribution is -0.133. The highest BCUT2D eigenvalue weighted by molar-refractivity contribution is 5.92. The van der Waals surface area contributed by atoms with Crippen molar-refractivity contribution >= 4 is 17.6 Å². The minimum atomic E-state index is -0.500. The monoisotopic (exact) mass is 400 g/mol. The quantitative estimate of drug-likeness (QED) is 0.728. The molecular weight excluding hydrogens is 371 g/mol. The first-order chi connectivity index (χ1) is 13.9. The van der Waals surface area contributed by atoms with E-state index in [1.54, 1.807) is 12.1 Å². The summed E-state index contributed by atoms with van der Waals surface area (Å²) in [4.78, 5) is 29.3. The van der Waals surface area contributed by atoms with E-state index in [-0.39, 0.29) is 30.2 Å². The molecule has 0 aliphatic heterocycles. The van der Waals surface area contributed by atoms with Crippen LogP contribution in [0, 0.1) is 5.82 Å². The maximum Gasteiger partial charge on any atom is 0.322 e. The highest BCUT2D eigenvalue weighted by Gasteiger charge is 2.35. The van der Waals surface area contributed by atoms with Gasteiger partial charge < -0.3 is 19.7 Å². The molecule has 3 amide bonds. The molecule has 2 aromatic rings. The molecule has 1 saturated carbocycles. The second-order valence-corrected chi connectivity index (χ2v) is 7.66. The lowest BCUT2D eigenvalue weighted by atomic mass is 10.2. The van der Waals surface area contributed by atoms with E-state index in [2.05, 4.69) is 5.32 Å². The van der Waals surface area contributed by atoms with E-state index >= 15 is 0 Å². The van der Waals surface area contributed by atoms with E-state index < -0.39 is 11.8 Å². The Labute approximate surface area is 171 Å². The first kappa shape index (κ1) is 20.9. The van der Waals surface area contributed by atoms with Gasteiger partial charge in [0.2, 0.25) is 5.91 Å². The molecule has 1 N–H and O–H groups in total. The minimum absolute atomic E-state index is 0.0315. The van der Waals surface area contributed by atoms with E-state index in [4.69, 9.17) is 0 Å². The van der Waals surface area contributed by atoms with Crippen LogP contribution in [0.4, 0.5) is 14.9 Å². The number of nitrogens with zero attached hydrogens (tertiary/aromatic N) is 3. The lowest BCUT2D eigenvalue weighted by Crippen LogP contribution is -2.48. The highest BCUT2D eigenvalue weighted by atomic mass is 19.1. The number of anilines is 1. The summed E-state index contributed by atoms with van der Waals surface area (Å²) in [6.45, 7) is 4.35. The molecule has 3 rings (SSSR count). The van der Waals surface area contributed by atoms with E-state index in [9.17, 15) is 14.0 Å². The Morgan fingerprint density at radius 1 is 1.24 bits per heavy atom. The Hall–Kier alpha value is -2.83. The topological polar surface area (TPSA) is 57.6 Å². The zero-order valence-corrected chi connectivity index (χ0v) is 17.3. The van der Waals surface area contributed by atoms with Gasteiger partial charge in [-0.05, 0) is 50.5 Å². The van der Waals surface area contributed by atoms with Crippen molar-refractivity contribution in [1.29, 1.82) is 0 Å². The summed E-state index contributed by atoms with van der Waals surface area (Å²) >= 11 is 0. The highest BCUT2D eigenvalue weighted by Crippen LogP contribution is 2.29. The molecule has 29 heavy (non-hydrogen) atoms. The van der Waals surface area contributed by atoms with E-state index in [1.165, 1.54) is 17.0 Å². The molecule has 156 valence electrons. The summed E-state index contributed by atoms with van der Waals surface area (Å²) in [5.41, 5.74) is 1.16. The van der Waals surface area contributed by atoms with Crippen LogP contribution in [0.25, 0.3) is 0 Å². The number of urea groups is 1. The van der Waals surface area contributed by atoms with Crippen LogP contribution in [-0.4, -0.2) is 44.9 Å². The molecule has 1 heterocycles. The number of hydrogen-bond donors (Lipinski definition) is 1. The first-order valence-electron chi connectivity index (χ1n) is 10.1. The summed E-state index contributed by atoms with van der Waals surface area (Å²) in [6.07, 6.45) is 4.62. The van der Waals surface area contributed by atoms with Gasteiger partial charge in [-0.25, -0.2) is 9.18 Å². The zero-order chi connectivity index (χ0) is 21.0. The van der Waals surface area contributed by atoms with Crippen molar-refractivity contribution in [3.63, 3.8) is 0 Å². The number of rotatable bonds is 8. The van der Waals surface area contributed by atoms with Gasteiger partial charge in [0.15, 0.2) is 0 Å². The molecule has 1 atom stereocenters. The van der Waals surface area contributed by atoms with E-state index in [0.717, 1.165) is 18.5 Å². The number of halogens is 1. The van der Waals surface area contributed by atoms with Gasteiger partial charge in [0.25, 0.3) is 0 Å². The molecule has 1 aliphatic carbocycles. The SMILES string of the molecule is CCC(C)N(CC(=O)N(Cc1cccn1C)C1CC1)C(=O)Nc1ccccc1F. The summed E-state index contributed by atoms with van der Waals surface area (Å²) in [5.74, 6) is -0.586. The summed E-state index contributed by atoms with van der Waals surface area (Å²) < 4.78 is 15.9. The Morgan fingerprint density at radius 3 is 2.55 bits per heavy atom. The molecule has 1 aliphatic rings. The standard InChI is InChI=1S/C22H29FN4O2/c1-4-16(2)26(22(29)24-20-10-6-5-9-19(20)23)15-21(28)27(17-11-12-17)14-18-8-7-13-25(18)3/h5-10,13,16-17H,4,11-12,14-15H2,1-3H3,(H,24,29). The predicted molar refractivity (Wildman–Crippen MR) is 111 cm³/mol. The molecule has 1 unspecified atom stereocenters. The Bertz CT molecular complexity index is 862. The average Bonchev–Trinajstić information content (AvgIpc) is 3.47. The lowest BCUT2D eigenvalue weighted by Gasteiger charge is -2.31. The zero-order valence-electron chi connectivity index (χ0n) is 17.3. The molecule has 1 fully saturated rings. The van der Waals surface area contributed by atoms with E-state index in [0.29, 0.717) is 13.0 Å². The third-order valence-electron chi connectivity index (χ3n) is 5.50. The van der Waals surface area contributed by atoms with Crippen molar-refractivity contribution in [1.82, 2.24) is 14.4 Å². The van der Waals surface area contributed by atoms with Gasteiger partial charge in [0.1, 0.15) is 12.4 Å². The molecule has 1 aromatic heterocycles. The normalized spacial score (nSPS) is 14.3. The predicted octanol–water partition coefficient (Wildman–Crippen LogP) is 3.99. The summed E-state index contributed by atoms with van der Waals surface area (Å²) in [7, 11) is 1.96. The maximum absolute atomic E-state index is 13.9. The molecule has 0 saturated heterocycles. The molecule has 1 aromatic carbocycles. The fraction of sp³-hybridized carbons (Fsp3) is 0.455. The van der Waals surface area contributed by atoms with Gasteiger partial charge in [-0.1, -0.05) is 19.1 Å². The van der Waals surface area contributed by atoms with Crippen molar-refractivity contribution in [2.24, 2.45) is 7.05 Å². The molecule has 7 heteroatoms. The number of hydrogen-bond acceptors (Lipinski definition) is 2. The van der Waals surface area contributed by atoms with Crippen molar-refractivity contribution in [2.75, 3.05) is 11.9 Å². The van der Waals surface area contributed by atoms with Crippen LogP contribution in [0.3, 0.4) is 0 Å². The van der Waals surface area contributed by atoms with Gasteiger partial charge in [0, 0.05) is 31.0 Å². The number of aryl methyl sites for hydroxylation is 1. The van der Waals surface area contributed by atoms with Crippen LogP contribution in [-0.2, 0) is 18.4 Å². The number of benzene rings is 1. The molecule has 0 spiro atoms. The maximum atomic E-state index is 13.9. The first-order valence-corrected chi connectivity index (χ1v) is 10.1. The second-order valence-electron chi connectivity index (χ2n) is 7.66. The molecular formula is C22H29FN4O2. The van der Waals surface area contributed by atoms with E-state index in [1.807, 2.05) is 48.7 Å². The number of nitrogens with one attached hydrogen (secondary N) is 1. The summed E-state index contributed by atoms with van der Waals surface area (Å²) in [5, 5.41) is 2.61. The van der Waals surface area contributed by atoms with Crippen LogP contribution in [0.1, 0.15) is 38.8 Å². The number of carbonyl (C=O) groups excluding carboxylic acids is 2. The number of carbonyl (C=O) groups is 2. The molecule has 0 radical (unpaired) electrons. The fourth-order valence-electron chi connectivity index (χ4n) is 3.28. The number of amides is 3. The second kappa shape index (κ2) is 9.11. The average molecular weight is 400 g/mol. The van der Waals surface area contributed by atoms with Crippen molar-refractivity contribution in [3.05, 3.63) is 54.1 Å². The Kier molecular flexibility index (Phi) is 6.56. The Balaban J connectivity index is 1.72. The third kappa shape index (κ3) is 5.16. The minimum Gasteiger partial charge on any atom is -0.353 e. The summed E-state index contributed by atoms with van der Waals surface area (Å²) in [6, 6.07) is 9.60. The van der Waals surface area contributed by atoms with Gasteiger partial charge in [0.05, 0.1) is 12.2 Å². The largest absolute Gasteiger partial charge is 0.353 e. The van der Waals surface area contributed by atoms with Crippen LogP contribution >= 0.6 is 0 Å². The molecule has 6 nitrogen and oxygen atoms in total. The smallest absolute Gasteiger partial charge is 0.322 e. The van der Waals surface area contributed by atoms with Gasteiger partial charge >= 0.3 is 6.03 Å². The number of para-hydroxylation sites is 1.